The van der Waals surface area contributed by atoms with Crippen molar-refractivity contribution in [1.82, 2.24) is 19.9 Å². The van der Waals surface area contributed by atoms with Crippen LogP contribution in [0.5, 0.6) is 0 Å². The number of hydrogen-bond acceptors (Lipinski definition) is 7. The molecule has 138 valence electrons. The standard InChI is InChI=1S/C17H22ClN7O/c1-19-15-21-16(20-12-13-5-3-2-4-6-13)23-17(22-15)25-9-7-24(8-10-25)14(26)11-18/h2-6H,7-12H2,1H3,(H2,19,20,21,22,23). The van der Waals surface area contributed by atoms with E-state index in [1.807, 2.05) is 35.2 Å². The van der Waals surface area contributed by atoms with Crippen LogP contribution >= 0.6 is 11.6 Å². The van der Waals surface area contributed by atoms with Crippen molar-refractivity contribution < 1.29 is 4.79 Å². The van der Waals surface area contributed by atoms with Crippen LogP contribution in [0.3, 0.4) is 0 Å². The zero-order valence-electron chi connectivity index (χ0n) is 14.7. The van der Waals surface area contributed by atoms with Gasteiger partial charge in [-0.15, -0.1) is 11.6 Å². The highest BCUT2D eigenvalue weighted by molar-refractivity contribution is 6.27. The number of nitrogens with one attached hydrogen (secondary N) is 2. The second kappa shape index (κ2) is 8.66. The zero-order chi connectivity index (χ0) is 18.4. The molecule has 2 heterocycles. The quantitative estimate of drug-likeness (QED) is 0.738. The minimum absolute atomic E-state index is 0.0171. The van der Waals surface area contributed by atoms with E-state index in [1.165, 1.54) is 0 Å². The van der Waals surface area contributed by atoms with Crippen LogP contribution in [0.2, 0.25) is 0 Å². The van der Waals surface area contributed by atoms with Crippen LogP contribution in [-0.4, -0.2) is 64.9 Å². The maximum Gasteiger partial charge on any atom is 0.237 e. The third kappa shape index (κ3) is 4.51. The lowest BCUT2D eigenvalue weighted by molar-refractivity contribution is -0.128. The Hall–Kier alpha value is -2.61. The third-order valence-corrected chi connectivity index (χ3v) is 4.40. The summed E-state index contributed by atoms with van der Waals surface area (Å²) in [4.78, 5) is 28.9. The third-order valence-electron chi connectivity index (χ3n) is 4.17. The largest absolute Gasteiger partial charge is 0.357 e. The molecule has 1 aromatic carbocycles. The Morgan fingerprint density at radius 3 is 2.42 bits per heavy atom. The number of rotatable bonds is 6. The predicted octanol–water partition coefficient (Wildman–Crippen LogP) is 1.41. The van der Waals surface area contributed by atoms with Gasteiger partial charge in [-0.05, 0) is 5.56 Å². The molecule has 3 rings (SSSR count). The number of alkyl halides is 1. The van der Waals surface area contributed by atoms with E-state index in [2.05, 4.69) is 25.6 Å². The zero-order valence-corrected chi connectivity index (χ0v) is 15.4. The fraction of sp³-hybridized carbons (Fsp3) is 0.412. The molecular weight excluding hydrogens is 354 g/mol. The van der Waals surface area contributed by atoms with E-state index in [-0.39, 0.29) is 11.8 Å². The summed E-state index contributed by atoms with van der Waals surface area (Å²) >= 11 is 5.63. The number of carbonyl (C=O) groups is 1. The van der Waals surface area contributed by atoms with Gasteiger partial charge in [0.15, 0.2) is 0 Å². The monoisotopic (exact) mass is 375 g/mol. The van der Waals surface area contributed by atoms with Gasteiger partial charge in [-0.3, -0.25) is 4.79 Å². The summed E-state index contributed by atoms with van der Waals surface area (Å²) in [6, 6.07) is 10.1. The number of benzene rings is 1. The number of carbonyl (C=O) groups excluding carboxylic acids is 1. The number of anilines is 3. The Labute approximate surface area is 157 Å². The first kappa shape index (κ1) is 18.2. The van der Waals surface area contributed by atoms with Crippen LogP contribution in [0, 0.1) is 0 Å². The van der Waals surface area contributed by atoms with Crippen molar-refractivity contribution in [2.45, 2.75) is 6.54 Å². The maximum absolute atomic E-state index is 11.7. The molecule has 0 spiro atoms. The van der Waals surface area contributed by atoms with E-state index >= 15 is 0 Å². The molecule has 1 aliphatic heterocycles. The Bertz CT molecular complexity index is 735. The molecule has 1 aromatic heterocycles. The summed E-state index contributed by atoms with van der Waals surface area (Å²) in [6.07, 6.45) is 0. The predicted molar refractivity (Wildman–Crippen MR) is 103 cm³/mol. The van der Waals surface area contributed by atoms with Crippen molar-refractivity contribution in [2.75, 3.05) is 54.6 Å². The minimum atomic E-state index is -0.0388. The first-order chi connectivity index (χ1) is 12.7. The highest BCUT2D eigenvalue weighted by atomic mass is 35.5. The van der Waals surface area contributed by atoms with Crippen LogP contribution in [0.25, 0.3) is 0 Å². The van der Waals surface area contributed by atoms with E-state index in [0.29, 0.717) is 50.6 Å². The van der Waals surface area contributed by atoms with Crippen molar-refractivity contribution in [3.05, 3.63) is 35.9 Å². The molecule has 1 amide bonds. The van der Waals surface area contributed by atoms with Gasteiger partial charge in [-0.2, -0.15) is 15.0 Å². The van der Waals surface area contributed by atoms with Gasteiger partial charge in [-0.1, -0.05) is 30.3 Å². The van der Waals surface area contributed by atoms with Crippen molar-refractivity contribution in [3.63, 3.8) is 0 Å². The molecule has 0 radical (unpaired) electrons. The van der Waals surface area contributed by atoms with Gasteiger partial charge in [0.1, 0.15) is 5.88 Å². The van der Waals surface area contributed by atoms with Gasteiger partial charge in [0.05, 0.1) is 0 Å². The average molecular weight is 376 g/mol. The lowest BCUT2D eigenvalue weighted by atomic mass is 10.2. The summed E-state index contributed by atoms with van der Waals surface area (Å²) in [5.74, 6) is 1.59. The van der Waals surface area contributed by atoms with Crippen LogP contribution < -0.4 is 15.5 Å². The summed E-state index contributed by atoms with van der Waals surface area (Å²) in [5.41, 5.74) is 1.15. The fourth-order valence-corrected chi connectivity index (χ4v) is 2.88. The molecule has 26 heavy (non-hydrogen) atoms. The number of aromatic nitrogens is 3. The van der Waals surface area contributed by atoms with Gasteiger partial charge in [-0.25, -0.2) is 0 Å². The number of hydrogen-bond donors (Lipinski definition) is 2. The molecule has 8 nitrogen and oxygen atoms in total. The van der Waals surface area contributed by atoms with Crippen LogP contribution in [0.4, 0.5) is 17.8 Å². The number of amides is 1. The molecule has 9 heteroatoms. The SMILES string of the molecule is CNc1nc(NCc2ccccc2)nc(N2CCN(C(=O)CCl)CC2)n1. The van der Waals surface area contributed by atoms with E-state index in [4.69, 9.17) is 11.6 Å². The van der Waals surface area contributed by atoms with Gasteiger partial charge >= 0.3 is 0 Å². The summed E-state index contributed by atoms with van der Waals surface area (Å²) in [7, 11) is 1.77. The van der Waals surface area contributed by atoms with Gasteiger partial charge in [0.2, 0.25) is 23.8 Å². The lowest BCUT2D eigenvalue weighted by Crippen LogP contribution is -2.49. The first-order valence-electron chi connectivity index (χ1n) is 8.50. The summed E-state index contributed by atoms with van der Waals surface area (Å²) in [5, 5.41) is 6.21. The van der Waals surface area contributed by atoms with Gasteiger partial charge in [0, 0.05) is 39.8 Å². The molecule has 0 aliphatic carbocycles. The lowest BCUT2D eigenvalue weighted by Gasteiger charge is -2.34. The summed E-state index contributed by atoms with van der Waals surface area (Å²) < 4.78 is 0. The Morgan fingerprint density at radius 2 is 1.77 bits per heavy atom. The van der Waals surface area contributed by atoms with E-state index in [1.54, 1.807) is 11.9 Å². The molecule has 0 atom stereocenters. The van der Waals surface area contributed by atoms with Crippen molar-refractivity contribution in [3.8, 4) is 0 Å². The van der Waals surface area contributed by atoms with Crippen molar-refractivity contribution in [1.29, 1.82) is 0 Å². The number of nitrogens with zero attached hydrogens (tertiary/aromatic N) is 5. The van der Waals surface area contributed by atoms with Crippen LogP contribution in [-0.2, 0) is 11.3 Å². The Kier molecular flexibility index (Phi) is 6.06. The molecule has 1 fully saturated rings. The minimum Gasteiger partial charge on any atom is -0.357 e. The summed E-state index contributed by atoms with van der Waals surface area (Å²) in [6.45, 7) is 3.17. The van der Waals surface area contributed by atoms with Crippen LogP contribution in [0.1, 0.15) is 5.56 Å². The van der Waals surface area contributed by atoms with Crippen molar-refractivity contribution in [2.24, 2.45) is 0 Å². The number of piperazine rings is 1. The molecule has 2 N–H and O–H groups in total. The van der Waals surface area contributed by atoms with Gasteiger partial charge < -0.3 is 20.4 Å². The van der Waals surface area contributed by atoms with E-state index < -0.39 is 0 Å². The van der Waals surface area contributed by atoms with E-state index in [0.717, 1.165) is 5.56 Å². The second-order valence-corrected chi connectivity index (χ2v) is 6.14. The van der Waals surface area contributed by atoms with Gasteiger partial charge in [0.25, 0.3) is 0 Å². The normalized spacial score (nSPS) is 14.2. The molecule has 0 saturated carbocycles. The topological polar surface area (TPSA) is 86.3 Å². The second-order valence-electron chi connectivity index (χ2n) is 5.87. The van der Waals surface area contributed by atoms with Crippen molar-refractivity contribution >= 4 is 35.4 Å². The fourth-order valence-electron chi connectivity index (χ4n) is 2.71. The Morgan fingerprint density at radius 1 is 1.08 bits per heavy atom. The molecule has 0 unspecified atom stereocenters. The molecule has 1 aliphatic rings. The molecule has 2 aromatic rings. The number of halogens is 1. The molecule has 1 saturated heterocycles. The maximum atomic E-state index is 11.7. The smallest absolute Gasteiger partial charge is 0.237 e. The first-order valence-corrected chi connectivity index (χ1v) is 9.03. The Balaban J connectivity index is 1.68. The highest BCUT2D eigenvalue weighted by Crippen LogP contribution is 2.16. The molecular formula is C17H22ClN7O. The highest BCUT2D eigenvalue weighted by Gasteiger charge is 2.22. The van der Waals surface area contributed by atoms with Crippen LogP contribution in [0.15, 0.2) is 30.3 Å². The molecule has 0 bridgehead atoms. The van der Waals surface area contributed by atoms with E-state index in [9.17, 15) is 4.79 Å². The average Bonchev–Trinajstić information content (AvgIpc) is 2.72.